The molecule has 1 atom stereocenters. The average Bonchev–Trinajstić information content (AvgIpc) is 2.91. The Morgan fingerprint density at radius 3 is 2.33 bits per heavy atom. The molecule has 0 radical (unpaired) electrons. The van der Waals surface area contributed by atoms with Crippen LogP contribution in [0.4, 0.5) is 0 Å². The molecule has 2 rings (SSSR count). The van der Waals surface area contributed by atoms with Gasteiger partial charge in [-0.3, -0.25) is 9.59 Å². The first kappa shape index (κ1) is 20.4. The lowest BCUT2D eigenvalue weighted by molar-refractivity contribution is -0.145. The van der Waals surface area contributed by atoms with Crippen LogP contribution in [0.2, 0.25) is 0 Å². The van der Waals surface area contributed by atoms with E-state index in [1.165, 1.54) is 14.0 Å². The molecule has 0 fully saturated rings. The van der Waals surface area contributed by atoms with Crippen LogP contribution < -0.4 is 0 Å². The van der Waals surface area contributed by atoms with E-state index in [1.807, 2.05) is 32.0 Å². The number of ether oxygens (including phenoxy) is 2. The smallest absolute Gasteiger partial charge is 0.339 e. The minimum atomic E-state index is -0.966. The number of aromatic nitrogens is 1. The summed E-state index contributed by atoms with van der Waals surface area (Å²) in [6.45, 7) is 8.85. The number of aryl methyl sites for hydroxylation is 3. The van der Waals surface area contributed by atoms with Gasteiger partial charge in [-0.25, -0.2) is 4.79 Å². The third-order valence-corrected chi connectivity index (χ3v) is 4.67. The molecule has 6 nitrogen and oxygen atoms in total. The Kier molecular flexibility index (Phi) is 6.20. The lowest BCUT2D eigenvalue weighted by Gasteiger charge is -2.13. The van der Waals surface area contributed by atoms with Crippen LogP contribution in [0.25, 0.3) is 0 Å². The van der Waals surface area contributed by atoms with Gasteiger partial charge in [-0.2, -0.15) is 0 Å². The summed E-state index contributed by atoms with van der Waals surface area (Å²) in [5.41, 5.74) is 4.68. The zero-order valence-corrected chi connectivity index (χ0v) is 16.6. The minimum Gasteiger partial charge on any atom is -0.465 e. The third kappa shape index (κ3) is 4.45. The van der Waals surface area contributed by atoms with Crippen LogP contribution in [0.1, 0.15) is 55.7 Å². The second kappa shape index (κ2) is 8.20. The van der Waals surface area contributed by atoms with Crippen LogP contribution >= 0.6 is 0 Å². The van der Waals surface area contributed by atoms with Crippen molar-refractivity contribution < 1.29 is 23.9 Å². The zero-order valence-electron chi connectivity index (χ0n) is 16.6. The van der Waals surface area contributed by atoms with Gasteiger partial charge in [0.15, 0.2) is 6.10 Å². The fourth-order valence-electron chi connectivity index (χ4n) is 2.98. The number of rotatable bonds is 6. The Hall–Kier alpha value is -2.89. The Balaban J connectivity index is 2.10. The maximum Gasteiger partial charge on any atom is 0.339 e. The van der Waals surface area contributed by atoms with E-state index in [4.69, 9.17) is 9.47 Å². The quantitative estimate of drug-likeness (QED) is 0.621. The monoisotopic (exact) mass is 371 g/mol. The second-order valence-corrected chi connectivity index (χ2v) is 6.71. The number of esters is 2. The van der Waals surface area contributed by atoms with Crippen LogP contribution in [0.15, 0.2) is 18.2 Å². The number of benzene rings is 1. The summed E-state index contributed by atoms with van der Waals surface area (Å²) in [5.74, 6) is -1.38. The summed E-state index contributed by atoms with van der Waals surface area (Å²) >= 11 is 0. The van der Waals surface area contributed by atoms with Crippen LogP contribution in [-0.2, 0) is 20.7 Å². The number of methoxy groups -OCH3 is 1. The van der Waals surface area contributed by atoms with Gasteiger partial charge in [-0.15, -0.1) is 0 Å². The highest BCUT2D eigenvalue weighted by molar-refractivity contribution is 6.04. The Morgan fingerprint density at radius 1 is 1.07 bits per heavy atom. The van der Waals surface area contributed by atoms with Crippen LogP contribution in [0.3, 0.4) is 0 Å². The van der Waals surface area contributed by atoms with E-state index < -0.39 is 18.0 Å². The van der Waals surface area contributed by atoms with E-state index in [1.54, 1.807) is 13.8 Å². The number of hydrogen-bond acceptors (Lipinski definition) is 5. The molecular weight excluding hydrogens is 346 g/mol. The van der Waals surface area contributed by atoms with Gasteiger partial charge in [-0.1, -0.05) is 18.2 Å². The summed E-state index contributed by atoms with van der Waals surface area (Å²) in [4.78, 5) is 39.6. The molecule has 0 saturated heterocycles. The van der Waals surface area contributed by atoms with Gasteiger partial charge >= 0.3 is 11.9 Å². The Morgan fingerprint density at radius 2 is 1.74 bits per heavy atom. The van der Waals surface area contributed by atoms with Gasteiger partial charge in [-0.05, 0) is 56.9 Å². The molecular formula is C21H25NO5. The molecule has 0 amide bonds. The van der Waals surface area contributed by atoms with Crippen LogP contribution in [0, 0.1) is 27.7 Å². The van der Waals surface area contributed by atoms with Crippen LogP contribution in [0.5, 0.6) is 0 Å². The molecule has 0 aliphatic rings. The molecule has 1 heterocycles. The molecule has 144 valence electrons. The molecule has 0 aliphatic carbocycles. The highest BCUT2D eigenvalue weighted by Gasteiger charge is 2.27. The summed E-state index contributed by atoms with van der Waals surface area (Å²) < 4.78 is 10.1. The van der Waals surface area contributed by atoms with Crippen molar-refractivity contribution in [3.63, 3.8) is 0 Å². The molecule has 27 heavy (non-hydrogen) atoms. The first-order chi connectivity index (χ1) is 12.6. The van der Waals surface area contributed by atoms with Gasteiger partial charge < -0.3 is 14.5 Å². The maximum atomic E-state index is 12.7. The van der Waals surface area contributed by atoms with Crippen molar-refractivity contribution >= 4 is 17.7 Å². The molecule has 6 heteroatoms. The number of hydrogen-bond donors (Lipinski definition) is 1. The lowest BCUT2D eigenvalue weighted by atomic mass is 10.0. The number of carbonyl (C=O) groups excluding carboxylic acids is 3. The Bertz CT molecular complexity index is 894. The molecule has 2 aromatic rings. The fraction of sp³-hybridized carbons (Fsp3) is 0.381. The topological polar surface area (TPSA) is 85.5 Å². The molecule has 0 spiro atoms. The normalized spacial score (nSPS) is 11.8. The highest BCUT2D eigenvalue weighted by Crippen LogP contribution is 2.21. The van der Waals surface area contributed by atoms with Crippen molar-refractivity contribution in [1.82, 2.24) is 4.98 Å². The van der Waals surface area contributed by atoms with Crippen molar-refractivity contribution in [2.45, 2.75) is 47.1 Å². The maximum absolute atomic E-state index is 12.7. The fourth-order valence-corrected chi connectivity index (χ4v) is 2.98. The van der Waals surface area contributed by atoms with E-state index in [0.717, 1.165) is 16.7 Å². The lowest BCUT2D eigenvalue weighted by Crippen LogP contribution is -2.26. The first-order valence-electron chi connectivity index (χ1n) is 8.73. The highest BCUT2D eigenvalue weighted by atomic mass is 16.5. The summed E-state index contributed by atoms with van der Waals surface area (Å²) in [6, 6.07) is 5.76. The molecule has 1 N–H and O–H groups in total. The van der Waals surface area contributed by atoms with E-state index >= 15 is 0 Å². The SMILES string of the molecule is COC(=O)c1c(C)[nH]c(C(=O)[C@H](C)OC(=O)Cc2ccc(C)c(C)c2)c1C. The number of carbonyl (C=O) groups is 3. The Labute approximate surface area is 158 Å². The molecule has 0 saturated carbocycles. The van der Waals surface area contributed by atoms with E-state index in [2.05, 4.69) is 4.98 Å². The van der Waals surface area contributed by atoms with E-state index in [0.29, 0.717) is 16.8 Å². The van der Waals surface area contributed by atoms with E-state index in [-0.39, 0.29) is 17.9 Å². The number of H-pyrrole nitrogens is 1. The number of aromatic amines is 1. The van der Waals surface area contributed by atoms with Crippen molar-refractivity contribution in [1.29, 1.82) is 0 Å². The predicted molar refractivity (Wildman–Crippen MR) is 101 cm³/mol. The van der Waals surface area contributed by atoms with Gasteiger partial charge in [0.25, 0.3) is 0 Å². The molecule has 1 aromatic heterocycles. The van der Waals surface area contributed by atoms with Gasteiger partial charge in [0, 0.05) is 5.69 Å². The summed E-state index contributed by atoms with van der Waals surface area (Å²) in [6.07, 6.45) is -0.874. The largest absolute Gasteiger partial charge is 0.465 e. The van der Waals surface area contributed by atoms with Gasteiger partial charge in [0.2, 0.25) is 5.78 Å². The van der Waals surface area contributed by atoms with Crippen molar-refractivity contribution in [2.24, 2.45) is 0 Å². The molecule has 0 bridgehead atoms. The van der Waals surface area contributed by atoms with Crippen molar-refractivity contribution in [3.05, 3.63) is 57.4 Å². The second-order valence-electron chi connectivity index (χ2n) is 6.71. The third-order valence-electron chi connectivity index (χ3n) is 4.67. The number of ketones is 1. The van der Waals surface area contributed by atoms with Gasteiger partial charge in [0.05, 0.1) is 24.8 Å². The van der Waals surface area contributed by atoms with Gasteiger partial charge in [0.1, 0.15) is 0 Å². The van der Waals surface area contributed by atoms with Crippen molar-refractivity contribution in [2.75, 3.05) is 7.11 Å². The minimum absolute atomic E-state index is 0.0921. The first-order valence-corrected chi connectivity index (χ1v) is 8.73. The predicted octanol–water partition coefficient (Wildman–Crippen LogP) is 3.39. The number of Topliss-reactive ketones (excluding diaryl/α,β-unsaturated/α-hetero) is 1. The average molecular weight is 371 g/mol. The summed E-state index contributed by atoms with van der Waals surface area (Å²) in [7, 11) is 1.28. The number of nitrogens with one attached hydrogen (secondary N) is 1. The standard InChI is InChI=1S/C21H25NO5/c1-11-7-8-16(9-12(11)2)10-17(23)27-15(5)20(24)19-13(3)18(14(4)22-19)21(25)26-6/h7-9,15,22H,10H2,1-6H3/t15-/m0/s1. The molecule has 1 aromatic carbocycles. The zero-order chi connectivity index (χ0) is 20.3. The molecule has 0 aliphatic heterocycles. The van der Waals surface area contributed by atoms with Crippen molar-refractivity contribution in [3.8, 4) is 0 Å². The van der Waals surface area contributed by atoms with Crippen LogP contribution in [-0.4, -0.2) is 35.9 Å². The van der Waals surface area contributed by atoms with E-state index in [9.17, 15) is 14.4 Å². The molecule has 0 unspecified atom stereocenters. The summed E-state index contributed by atoms with van der Waals surface area (Å²) in [5, 5.41) is 0.